The van der Waals surface area contributed by atoms with E-state index in [-0.39, 0.29) is 11.2 Å². The lowest BCUT2D eigenvalue weighted by Crippen LogP contribution is -2.28. The van der Waals surface area contributed by atoms with Crippen molar-refractivity contribution < 1.29 is 13.9 Å². The molecule has 0 N–H and O–H groups in total. The zero-order valence-electron chi connectivity index (χ0n) is 19.5. The number of benzene rings is 1. The number of ether oxygens (including phenoxy) is 1. The number of methoxy groups -OCH3 is 1. The van der Waals surface area contributed by atoms with Gasteiger partial charge in [0, 0.05) is 31.3 Å². The fraction of sp³-hybridized carbons (Fsp3) is 0.500. The van der Waals surface area contributed by atoms with E-state index in [9.17, 15) is 4.79 Å². The Labute approximate surface area is 197 Å². The maximum atomic E-state index is 11.8. The largest absolute Gasteiger partial charge is 0.496 e. The predicted octanol–water partition coefficient (Wildman–Crippen LogP) is 3.75. The second kappa shape index (κ2) is 8.61. The Morgan fingerprint density at radius 2 is 2.21 bits per heavy atom. The summed E-state index contributed by atoms with van der Waals surface area (Å²) in [6.45, 7) is 6.77. The summed E-state index contributed by atoms with van der Waals surface area (Å²) in [7, 11) is 3.60. The quantitative estimate of drug-likeness (QED) is 0.267. The highest BCUT2D eigenvalue weighted by Gasteiger charge is 2.60. The van der Waals surface area contributed by atoms with Gasteiger partial charge < -0.3 is 18.6 Å². The summed E-state index contributed by atoms with van der Waals surface area (Å²) in [6.07, 6.45) is 3.75. The van der Waals surface area contributed by atoms with Gasteiger partial charge in [0.25, 0.3) is 0 Å². The first-order chi connectivity index (χ1) is 15.9. The molecule has 0 unspecified atom stereocenters. The van der Waals surface area contributed by atoms with E-state index in [4.69, 9.17) is 9.15 Å². The Morgan fingerprint density at radius 1 is 1.36 bits per heavy atom. The summed E-state index contributed by atoms with van der Waals surface area (Å²) in [6, 6.07) is 6.13. The Morgan fingerprint density at radius 3 is 2.94 bits per heavy atom. The number of ketones is 1. The van der Waals surface area contributed by atoms with Gasteiger partial charge in [0.1, 0.15) is 5.75 Å². The third-order valence-corrected chi connectivity index (χ3v) is 8.11. The van der Waals surface area contributed by atoms with Crippen LogP contribution in [0.1, 0.15) is 41.4 Å². The number of likely N-dealkylation sites (tertiary alicyclic amines) is 1. The van der Waals surface area contributed by atoms with Gasteiger partial charge in [0.2, 0.25) is 5.82 Å². The molecular formula is C24H29N5O3S. The SMILES string of the molecule is COc1cc([C@]23C[C@H]2CN(CCCSc2nnc(-c4ocnc4C)n2C)C3)ccc1C(C)=O. The van der Waals surface area contributed by atoms with Crippen LogP contribution in [0.15, 0.2) is 34.2 Å². The molecule has 0 bridgehead atoms. The summed E-state index contributed by atoms with van der Waals surface area (Å²) in [5.74, 6) is 3.80. The van der Waals surface area contributed by atoms with Crippen molar-refractivity contribution in [3.63, 3.8) is 0 Å². The maximum absolute atomic E-state index is 11.8. The molecule has 3 aromatic rings. The number of hydrogen-bond donors (Lipinski definition) is 0. The third-order valence-electron chi connectivity index (χ3n) is 7.01. The van der Waals surface area contributed by atoms with Crippen molar-refractivity contribution in [2.45, 2.75) is 37.3 Å². The number of fused-ring (bicyclic) bond motifs is 1. The van der Waals surface area contributed by atoms with Crippen LogP contribution in [0.25, 0.3) is 11.6 Å². The van der Waals surface area contributed by atoms with E-state index in [1.54, 1.807) is 25.8 Å². The molecule has 1 aliphatic carbocycles. The third kappa shape index (κ3) is 3.97. The lowest BCUT2D eigenvalue weighted by Gasteiger charge is -2.21. The lowest BCUT2D eigenvalue weighted by molar-refractivity contribution is 0.101. The summed E-state index contributed by atoms with van der Waals surface area (Å²) in [5, 5.41) is 9.50. The Kier molecular flexibility index (Phi) is 5.78. The number of aryl methyl sites for hydroxylation is 1. The molecule has 2 atom stereocenters. The molecule has 2 fully saturated rings. The van der Waals surface area contributed by atoms with E-state index >= 15 is 0 Å². The number of oxazole rings is 1. The zero-order chi connectivity index (χ0) is 23.2. The van der Waals surface area contributed by atoms with Crippen molar-refractivity contribution in [1.29, 1.82) is 0 Å². The van der Waals surface area contributed by atoms with Crippen molar-refractivity contribution >= 4 is 17.5 Å². The summed E-state index contributed by atoms with van der Waals surface area (Å²) < 4.78 is 12.9. The number of carbonyl (C=O) groups excluding carboxylic acids is 1. The molecule has 8 nitrogen and oxygen atoms in total. The van der Waals surface area contributed by atoms with Crippen LogP contribution >= 0.6 is 11.8 Å². The summed E-state index contributed by atoms with van der Waals surface area (Å²) in [4.78, 5) is 18.5. The molecule has 33 heavy (non-hydrogen) atoms. The van der Waals surface area contributed by atoms with E-state index in [2.05, 4.69) is 32.2 Å². The molecular weight excluding hydrogens is 438 g/mol. The van der Waals surface area contributed by atoms with Crippen molar-refractivity contribution in [3.8, 4) is 17.3 Å². The molecule has 2 aliphatic rings. The van der Waals surface area contributed by atoms with E-state index in [1.807, 2.05) is 24.6 Å². The average Bonchev–Trinajstić information content (AvgIpc) is 3.10. The van der Waals surface area contributed by atoms with E-state index in [0.29, 0.717) is 28.8 Å². The van der Waals surface area contributed by atoms with Gasteiger partial charge in [0.15, 0.2) is 23.1 Å². The molecule has 5 rings (SSSR count). The van der Waals surface area contributed by atoms with Crippen LogP contribution in [-0.2, 0) is 12.5 Å². The molecule has 3 heterocycles. The number of Topliss-reactive ketones (excluding diaryl/α,β-unsaturated/α-hetero) is 1. The number of aromatic nitrogens is 4. The number of nitrogens with zero attached hydrogens (tertiary/aromatic N) is 5. The smallest absolute Gasteiger partial charge is 0.202 e. The van der Waals surface area contributed by atoms with Crippen LogP contribution in [0.2, 0.25) is 0 Å². The standard InChI is InChI=1S/C24H29N5O3S/c1-15-21(32-14-25-15)22-26-27-23(28(22)3)33-9-5-8-29-12-18-11-24(18,13-29)17-6-7-19(16(2)30)20(10-17)31-4/h6-7,10,14,18H,5,8-9,11-13H2,1-4H3/t18-,24+/m0/s1. The fourth-order valence-electron chi connectivity index (χ4n) is 5.10. The van der Waals surface area contributed by atoms with Gasteiger partial charge in [-0.1, -0.05) is 17.8 Å². The van der Waals surface area contributed by atoms with Gasteiger partial charge in [-0.05, 0) is 56.8 Å². The van der Waals surface area contributed by atoms with Crippen LogP contribution < -0.4 is 4.74 Å². The molecule has 2 aromatic heterocycles. The molecule has 0 spiro atoms. The highest BCUT2D eigenvalue weighted by atomic mass is 32.2. The average molecular weight is 468 g/mol. The van der Waals surface area contributed by atoms with Gasteiger partial charge in [-0.2, -0.15) is 0 Å². The van der Waals surface area contributed by atoms with E-state index in [1.165, 1.54) is 18.4 Å². The fourth-order valence-corrected chi connectivity index (χ4v) is 5.94. The maximum Gasteiger partial charge on any atom is 0.202 e. The van der Waals surface area contributed by atoms with Crippen LogP contribution in [-0.4, -0.2) is 62.9 Å². The van der Waals surface area contributed by atoms with Crippen LogP contribution in [0.5, 0.6) is 5.75 Å². The Hall–Kier alpha value is -2.65. The van der Waals surface area contributed by atoms with Gasteiger partial charge in [-0.15, -0.1) is 10.2 Å². The van der Waals surface area contributed by atoms with Crippen molar-refractivity contribution in [1.82, 2.24) is 24.6 Å². The van der Waals surface area contributed by atoms with Crippen LogP contribution in [0.4, 0.5) is 0 Å². The summed E-state index contributed by atoms with van der Waals surface area (Å²) in [5.41, 5.74) is 3.01. The van der Waals surface area contributed by atoms with Crippen LogP contribution in [0, 0.1) is 12.8 Å². The molecule has 1 saturated heterocycles. The minimum absolute atomic E-state index is 0.0415. The molecule has 1 saturated carbocycles. The monoisotopic (exact) mass is 467 g/mol. The van der Waals surface area contributed by atoms with E-state index < -0.39 is 0 Å². The van der Waals surface area contributed by atoms with Crippen molar-refractivity contribution in [3.05, 3.63) is 41.4 Å². The van der Waals surface area contributed by atoms with Gasteiger partial charge in [0.05, 0.1) is 18.4 Å². The molecule has 9 heteroatoms. The first-order valence-electron chi connectivity index (χ1n) is 11.3. The predicted molar refractivity (Wildman–Crippen MR) is 126 cm³/mol. The summed E-state index contributed by atoms with van der Waals surface area (Å²) >= 11 is 1.72. The topological polar surface area (TPSA) is 86.3 Å². The highest BCUT2D eigenvalue weighted by molar-refractivity contribution is 7.99. The molecule has 1 aliphatic heterocycles. The lowest BCUT2D eigenvalue weighted by atomic mass is 9.93. The number of carbonyl (C=O) groups is 1. The zero-order valence-corrected chi connectivity index (χ0v) is 20.3. The first kappa shape index (κ1) is 22.2. The first-order valence-corrected chi connectivity index (χ1v) is 12.3. The van der Waals surface area contributed by atoms with Crippen molar-refractivity contribution in [2.24, 2.45) is 13.0 Å². The second-order valence-electron chi connectivity index (χ2n) is 9.10. The van der Waals surface area contributed by atoms with Gasteiger partial charge in [-0.25, -0.2) is 4.98 Å². The van der Waals surface area contributed by atoms with Crippen molar-refractivity contribution in [2.75, 3.05) is 32.5 Å². The van der Waals surface area contributed by atoms with Gasteiger partial charge >= 0.3 is 0 Å². The normalized spacial score (nSPS) is 21.9. The number of piperidine rings is 1. The minimum atomic E-state index is 0.0415. The number of thioether (sulfide) groups is 1. The Balaban J connectivity index is 1.15. The van der Waals surface area contributed by atoms with Gasteiger partial charge in [-0.3, -0.25) is 4.79 Å². The Bertz CT molecular complexity index is 1190. The molecule has 0 radical (unpaired) electrons. The molecule has 1 aromatic carbocycles. The number of hydrogen-bond acceptors (Lipinski definition) is 8. The number of rotatable bonds is 9. The van der Waals surface area contributed by atoms with Crippen LogP contribution in [0.3, 0.4) is 0 Å². The highest BCUT2D eigenvalue weighted by Crippen LogP contribution is 2.59. The van der Waals surface area contributed by atoms with E-state index in [0.717, 1.165) is 42.7 Å². The minimum Gasteiger partial charge on any atom is -0.496 e. The molecule has 0 amide bonds. The second-order valence-corrected chi connectivity index (χ2v) is 10.2. The molecule has 174 valence electrons.